The van der Waals surface area contributed by atoms with Crippen LogP contribution in [0.25, 0.3) is 5.69 Å². The van der Waals surface area contributed by atoms with Gasteiger partial charge in [0.2, 0.25) is 0 Å². The first-order valence-corrected chi connectivity index (χ1v) is 7.23. The molecule has 3 rings (SSSR count). The van der Waals surface area contributed by atoms with Crippen molar-refractivity contribution in [3.05, 3.63) is 82.2 Å². The molecule has 0 fully saturated rings. The van der Waals surface area contributed by atoms with Gasteiger partial charge in [-0.15, -0.1) is 0 Å². The van der Waals surface area contributed by atoms with Crippen molar-refractivity contribution >= 4 is 11.4 Å². The summed E-state index contributed by atoms with van der Waals surface area (Å²) >= 11 is 0. The zero-order chi connectivity index (χ0) is 16.2. The number of rotatable bonds is 5. The summed E-state index contributed by atoms with van der Waals surface area (Å²) in [5.74, 6) is 0. The van der Waals surface area contributed by atoms with Crippen LogP contribution in [-0.2, 0) is 6.54 Å². The van der Waals surface area contributed by atoms with Gasteiger partial charge < -0.3 is 5.32 Å². The normalized spacial score (nSPS) is 10.5. The summed E-state index contributed by atoms with van der Waals surface area (Å²) in [6.07, 6.45) is 1.90. The van der Waals surface area contributed by atoms with E-state index < -0.39 is 0 Å². The number of hydrogen-bond acceptors (Lipinski definition) is 4. The number of aromatic nitrogens is 2. The minimum atomic E-state index is -0.384. The number of nitro groups is 1. The predicted octanol–water partition coefficient (Wildman–Crippen LogP) is 3.70. The second-order valence-corrected chi connectivity index (χ2v) is 5.16. The molecule has 0 saturated carbocycles. The fraction of sp³-hybridized carbons (Fsp3) is 0.118. The summed E-state index contributed by atoms with van der Waals surface area (Å²) in [6.45, 7) is 2.41. The average Bonchev–Trinajstić information content (AvgIpc) is 2.99. The monoisotopic (exact) mass is 308 g/mol. The van der Waals surface area contributed by atoms with E-state index in [2.05, 4.69) is 10.4 Å². The fourth-order valence-electron chi connectivity index (χ4n) is 2.41. The summed E-state index contributed by atoms with van der Waals surface area (Å²) in [7, 11) is 0. The Morgan fingerprint density at radius 1 is 1.13 bits per heavy atom. The fourth-order valence-corrected chi connectivity index (χ4v) is 2.41. The van der Waals surface area contributed by atoms with Crippen LogP contribution in [0.4, 0.5) is 11.4 Å². The molecule has 0 radical (unpaired) electrons. The third-order valence-electron chi connectivity index (χ3n) is 3.53. The molecule has 3 aromatic rings. The summed E-state index contributed by atoms with van der Waals surface area (Å²) in [5, 5.41) is 18.6. The van der Waals surface area contributed by atoms with E-state index in [-0.39, 0.29) is 10.6 Å². The highest BCUT2D eigenvalue weighted by molar-refractivity contribution is 5.61. The lowest BCUT2D eigenvalue weighted by Crippen LogP contribution is -2.07. The van der Waals surface area contributed by atoms with Gasteiger partial charge in [-0.3, -0.25) is 10.1 Å². The van der Waals surface area contributed by atoms with Crippen molar-refractivity contribution in [1.29, 1.82) is 0 Å². The van der Waals surface area contributed by atoms with Crippen LogP contribution in [0.2, 0.25) is 0 Å². The van der Waals surface area contributed by atoms with Gasteiger partial charge in [0.1, 0.15) is 5.69 Å². The van der Waals surface area contributed by atoms with Gasteiger partial charge in [-0.1, -0.05) is 30.3 Å². The minimum Gasteiger partial charge on any atom is -0.375 e. The van der Waals surface area contributed by atoms with Gasteiger partial charge in [0.25, 0.3) is 5.69 Å². The molecule has 6 nitrogen and oxygen atoms in total. The first kappa shape index (κ1) is 14.8. The highest BCUT2D eigenvalue weighted by Crippen LogP contribution is 2.24. The van der Waals surface area contributed by atoms with E-state index in [1.807, 2.05) is 48.1 Å². The molecule has 23 heavy (non-hydrogen) atoms. The van der Waals surface area contributed by atoms with E-state index in [1.165, 1.54) is 6.07 Å². The maximum atomic E-state index is 11.1. The molecular weight excluding hydrogens is 292 g/mol. The van der Waals surface area contributed by atoms with Crippen LogP contribution in [0, 0.1) is 17.0 Å². The Bertz CT molecular complexity index is 842. The van der Waals surface area contributed by atoms with Crippen molar-refractivity contribution in [2.75, 3.05) is 5.32 Å². The summed E-state index contributed by atoms with van der Waals surface area (Å²) < 4.78 is 1.81. The van der Waals surface area contributed by atoms with E-state index in [0.717, 1.165) is 16.9 Å². The van der Waals surface area contributed by atoms with E-state index in [1.54, 1.807) is 18.2 Å². The van der Waals surface area contributed by atoms with Gasteiger partial charge >= 0.3 is 0 Å². The van der Waals surface area contributed by atoms with Crippen LogP contribution < -0.4 is 5.32 Å². The third-order valence-corrected chi connectivity index (χ3v) is 3.53. The van der Waals surface area contributed by atoms with Crippen LogP contribution in [0.15, 0.2) is 60.8 Å². The molecule has 0 bridgehead atoms. The number of anilines is 1. The molecule has 1 aromatic heterocycles. The number of nitro benzene ring substituents is 1. The second-order valence-electron chi connectivity index (χ2n) is 5.16. The Morgan fingerprint density at radius 2 is 1.87 bits per heavy atom. The van der Waals surface area contributed by atoms with E-state index >= 15 is 0 Å². The SMILES string of the molecule is Cc1ccn(-c2ccccc2CNc2ccccc2[N+](=O)[O-])n1. The smallest absolute Gasteiger partial charge is 0.292 e. The molecule has 0 aliphatic heterocycles. The zero-order valence-corrected chi connectivity index (χ0v) is 12.6. The van der Waals surface area contributed by atoms with Crippen molar-refractivity contribution < 1.29 is 4.92 Å². The molecule has 6 heteroatoms. The highest BCUT2D eigenvalue weighted by atomic mass is 16.6. The standard InChI is InChI=1S/C17H16N4O2/c1-13-10-11-20(19-13)16-8-4-2-6-14(16)12-18-15-7-3-5-9-17(15)21(22)23/h2-11,18H,12H2,1H3. The van der Waals surface area contributed by atoms with Gasteiger partial charge in [0, 0.05) is 18.8 Å². The number of para-hydroxylation sites is 3. The molecule has 0 saturated heterocycles. The largest absolute Gasteiger partial charge is 0.375 e. The number of nitrogens with zero attached hydrogens (tertiary/aromatic N) is 3. The zero-order valence-electron chi connectivity index (χ0n) is 12.6. The van der Waals surface area contributed by atoms with Crippen LogP contribution in [0.1, 0.15) is 11.3 Å². The Balaban J connectivity index is 1.86. The molecule has 116 valence electrons. The van der Waals surface area contributed by atoms with Crippen LogP contribution in [0.5, 0.6) is 0 Å². The lowest BCUT2D eigenvalue weighted by molar-refractivity contribution is -0.384. The highest BCUT2D eigenvalue weighted by Gasteiger charge is 2.12. The van der Waals surface area contributed by atoms with Gasteiger partial charge in [-0.05, 0) is 30.7 Å². The lowest BCUT2D eigenvalue weighted by Gasteiger charge is -2.11. The number of hydrogen-bond donors (Lipinski definition) is 1. The predicted molar refractivity (Wildman–Crippen MR) is 88.7 cm³/mol. The molecule has 0 aliphatic carbocycles. The number of nitrogens with one attached hydrogen (secondary N) is 1. The molecule has 0 aliphatic rings. The van der Waals surface area contributed by atoms with Gasteiger partial charge in [-0.2, -0.15) is 5.10 Å². The molecular formula is C17H16N4O2. The van der Waals surface area contributed by atoms with Gasteiger partial charge in [0.15, 0.2) is 0 Å². The van der Waals surface area contributed by atoms with Crippen LogP contribution in [0.3, 0.4) is 0 Å². The Hall–Kier alpha value is -3.15. The Labute approximate surface area is 133 Å². The third kappa shape index (κ3) is 3.21. The quantitative estimate of drug-likeness (QED) is 0.576. The molecule has 2 aromatic carbocycles. The summed E-state index contributed by atoms with van der Waals surface area (Å²) in [4.78, 5) is 10.7. The second kappa shape index (κ2) is 6.31. The van der Waals surface area contributed by atoms with Crippen molar-refractivity contribution in [2.24, 2.45) is 0 Å². The van der Waals surface area contributed by atoms with Crippen molar-refractivity contribution in [3.63, 3.8) is 0 Å². The summed E-state index contributed by atoms with van der Waals surface area (Å²) in [5.41, 5.74) is 3.47. The number of aryl methyl sites for hydroxylation is 1. The Kier molecular flexibility index (Phi) is 4.05. The molecule has 0 spiro atoms. The van der Waals surface area contributed by atoms with Crippen LogP contribution >= 0.6 is 0 Å². The first-order chi connectivity index (χ1) is 11.1. The molecule has 1 N–H and O–H groups in total. The average molecular weight is 308 g/mol. The van der Waals surface area contributed by atoms with Gasteiger partial charge in [0.05, 0.1) is 16.3 Å². The van der Waals surface area contributed by atoms with Crippen molar-refractivity contribution in [1.82, 2.24) is 9.78 Å². The lowest BCUT2D eigenvalue weighted by atomic mass is 10.1. The number of benzene rings is 2. The van der Waals surface area contributed by atoms with E-state index in [0.29, 0.717) is 12.2 Å². The molecule has 0 unspecified atom stereocenters. The summed E-state index contributed by atoms with van der Waals surface area (Å²) in [6, 6.07) is 16.4. The maximum absolute atomic E-state index is 11.1. The maximum Gasteiger partial charge on any atom is 0.292 e. The van der Waals surface area contributed by atoms with Crippen molar-refractivity contribution in [3.8, 4) is 5.69 Å². The molecule has 0 atom stereocenters. The first-order valence-electron chi connectivity index (χ1n) is 7.23. The molecule has 1 heterocycles. The minimum absolute atomic E-state index is 0.0694. The molecule has 0 amide bonds. The van der Waals surface area contributed by atoms with E-state index in [9.17, 15) is 10.1 Å². The van der Waals surface area contributed by atoms with E-state index in [4.69, 9.17) is 0 Å². The Morgan fingerprint density at radius 3 is 2.61 bits per heavy atom. The van der Waals surface area contributed by atoms with Crippen LogP contribution in [-0.4, -0.2) is 14.7 Å². The van der Waals surface area contributed by atoms with Crippen molar-refractivity contribution in [2.45, 2.75) is 13.5 Å². The topological polar surface area (TPSA) is 73.0 Å². The van der Waals surface area contributed by atoms with Gasteiger partial charge in [-0.25, -0.2) is 4.68 Å².